The molecule has 0 radical (unpaired) electrons. The number of aliphatic hydroxyl groups is 1. The number of esters is 1. The van der Waals surface area contributed by atoms with E-state index in [0.717, 1.165) is 43.9 Å². The SMILES string of the molecule is CCOC(=O)C1(O)C(=NC2CCCCC2)Sc2nc3cccc([N+](=O)[O-])c3n21. The molecule has 1 unspecified atom stereocenters. The summed E-state index contributed by atoms with van der Waals surface area (Å²) in [6.45, 7) is 1.70. The summed E-state index contributed by atoms with van der Waals surface area (Å²) in [4.78, 5) is 32.9. The van der Waals surface area contributed by atoms with Crippen LogP contribution in [0.4, 0.5) is 5.69 Å². The number of carbonyl (C=O) groups is 1. The van der Waals surface area contributed by atoms with Crippen molar-refractivity contribution < 1.29 is 19.6 Å². The number of para-hydroxylation sites is 1. The van der Waals surface area contributed by atoms with Gasteiger partial charge in [0.05, 0.1) is 23.1 Å². The van der Waals surface area contributed by atoms with Crippen molar-refractivity contribution in [3.05, 3.63) is 28.3 Å². The van der Waals surface area contributed by atoms with Crippen molar-refractivity contribution in [2.24, 2.45) is 4.99 Å². The number of nitro groups is 1. The molecule has 1 aromatic heterocycles. The van der Waals surface area contributed by atoms with E-state index in [1.54, 1.807) is 13.0 Å². The monoisotopic (exact) mass is 404 g/mol. The molecule has 28 heavy (non-hydrogen) atoms. The van der Waals surface area contributed by atoms with E-state index >= 15 is 0 Å². The lowest BCUT2D eigenvalue weighted by molar-refractivity contribution is -0.383. The Labute approximate surface area is 164 Å². The number of imidazole rings is 1. The summed E-state index contributed by atoms with van der Waals surface area (Å²) in [5.74, 6) is -0.909. The summed E-state index contributed by atoms with van der Waals surface area (Å²) in [5, 5.41) is 23.5. The topological polar surface area (TPSA) is 120 Å². The molecule has 1 aliphatic carbocycles. The van der Waals surface area contributed by atoms with Gasteiger partial charge in [-0.3, -0.25) is 19.7 Å². The first-order valence-corrected chi connectivity index (χ1v) is 10.1. The molecule has 9 nitrogen and oxygen atoms in total. The second kappa shape index (κ2) is 7.17. The summed E-state index contributed by atoms with van der Waals surface area (Å²) in [6, 6.07) is 4.46. The second-order valence-corrected chi connectivity index (χ2v) is 7.81. The minimum absolute atomic E-state index is 0.00283. The van der Waals surface area contributed by atoms with Crippen molar-refractivity contribution in [3.63, 3.8) is 0 Å². The van der Waals surface area contributed by atoms with E-state index in [4.69, 9.17) is 4.74 Å². The minimum atomic E-state index is -2.26. The van der Waals surface area contributed by atoms with Crippen molar-refractivity contribution in [1.29, 1.82) is 0 Å². The van der Waals surface area contributed by atoms with Gasteiger partial charge in [0, 0.05) is 6.07 Å². The number of rotatable bonds is 4. The third kappa shape index (κ3) is 2.87. The summed E-state index contributed by atoms with van der Waals surface area (Å²) in [6.07, 6.45) is 5.00. The molecule has 1 fully saturated rings. The number of benzene rings is 1. The van der Waals surface area contributed by atoms with Crippen LogP contribution in [0, 0.1) is 10.1 Å². The molecule has 1 N–H and O–H groups in total. The molecule has 0 saturated heterocycles. The number of nitro benzene ring substituents is 1. The second-order valence-electron chi connectivity index (χ2n) is 6.85. The molecule has 2 aliphatic rings. The van der Waals surface area contributed by atoms with Crippen LogP contribution in [0.15, 0.2) is 28.3 Å². The highest BCUT2D eigenvalue weighted by atomic mass is 32.2. The number of aliphatic imine (C=N–C) groups is 1. The van der Waals surface area contributed by atoms with Crippen LogP contribution in [0.2, 0.25) is 0 Å². The zero-order chi connectivity index (χ0) is 19.9. The number of aromatic nitrogens is 2. The number of hydrogen-bond donors (Lipinski definition) is 1. The summed E-state index contributed by atoms with van der Waals surface area (Å²) in [5.41, 5.74) is -2.08. The minimum Gasteiger partial charge on any atom is -0.462 e. The molecule has 2 aromatic rings. The van der Waals surface area contributed by atoms with Crippen LogP contribution in [-0.4, -0.2) is 43.2 Å². The zero-order valence-electron chi connectivity index (χ0n) is 15.3. The van der Waals surface area contributed by atoms with E-state index in [-0.39, 0.29) is 34.1 Å². The lowest BCUT2D eigenvalue weighted by Gasteiger charge is -2.25. The molecule has 2 heterocycles. The number of non-ortho nitro benzene ring substituents is 1. The van der Waals surface area contributed by atoms with Crippen LogP contribution in [0.1, 0.15) is 39.0 Å². The Morgan fingerprint density at radius 3 is 2.89 bits per heavy atom. The molecule has 1 aliphatic heterocycles. The normalized spacial score (nSPS) is 23.9. The van der Waals surface area contributed by atoms with E-state index in [0.29, 0.717) is 5.52 Å². The quantitative estimate of drug-likeness (QED) is 0.472. The van der Waals surface area contributed by atoms with Gasteiger partial charge in [-0.1, -0.05) is 25.3 Å². The van der Waals surface area contributed by atoms with E-state index in [1.165, 1.54) is 16.7 Å². The number of hydrogen-bond acceptors (Lipinski definition) is 8. The Balaban J connectivity index is 1.91. The van der Waals surface area contributed by atoms with E-state index in [1.807, 2.05) is 0 Å². The van der Waals surface area contributed by atoms with Gasteiger partial charge in [-0.25, -0.2) is 9.78 Å². The third-order valence-electron chi connectivity index (χ3n) is 5.07. The molecule has 0 bridgehead atoms. The maximum absolute atomic E-state index is 12.8. The Kier molecular flexibility index (Phi) is 4.84. The van der Waals surface area contributed by atoms with Crippen LogP contribution in [0.5, 0.6) is 0 Å². The summed E-state index contributed by atoms with van der Waals surface area (Å²) >= 11 is 1.07. The van der Waals surface area contributed by atoms with Crippen molar-refractivity contribution in [2.75, 3.05) is 6.61 Å². The average molecular weight is 404 g/mol. The van der Waals surface area contributed by atoms with Crippen LogP contribution >= 0.6 is 11.8 Å². The number of carbonyl (C=O) groups excluding carboxylic acids is 1. The number of nitrogens with zero attached hydrogens (tertiary/aromatic N) is 4. The standard InChI is InChI=1S/C18H20N4O5S/c1-2-27-16(23)18(24)15(19-11-7-4-3-5-8-11)28-17-20-12-9-6-10-13(22(25)26)14(12)21(17)18/h6,9-11,24H,2-5,7-8H2,1H3. The van der Waals surface area contributed by atoms with Gasteiger partial charge < -0.3 is 9.84 Å². The highest BCUT2D eigenvalue weighted by Crippen LogP contribution is 2.45. The van der Waals surface area contributed by atoms with Crippen LogP contribution in [0.25, 0.3) is 11.0 Å². The first-order valence-electron chi connectivity index (χ1n) is 9.28. The fourth-order valence-electron chi connectivity index (χ4n) is 3.76. The molecule has 10 heteroatoms. The van der Waals surface area contributed by atoms with Crippen LogP contribution < -0.4 is 0 Å². The van der Waals surface area contributed by atoms with E-state index in [9.17, 15) is 20.0 Å². The molecule has 148 valence electrons. The Hall–Kier alpha value is -2.46. The van der Waals surface area contributed by atoms with Gasteiger partial charge in [-0.05, 0) is 37.6 Å². The maximum Gasteiger partial charge on any atom is 0.367 e. The van der Waals surface area contributed by atoms with Gasteiger partial charge in [-0.15, -0.1) is 0 Å². The lowest BCUT2D eigenvalue weighted by atomic mass is 9.96. The first kappa shape index (κ1) is 18.9. The Bertz CT molecular complexity index is 982. The van der Waals surface area contributed by atoms with Crippen molar-refractivity contribution in [1.82, 2.24) is 9.55 Å². The van der Waals surface area contributed by atoms with Gasteiger partial charge in [0.15, 0.2) is 10.7 Å². The highest BCUT2D eigenvalue weighted by Gasteiger charge is 2.54. The molecule has 4 rings (SSSR count). The molecule has 1 atom stereocenters. The maximum atomic E-state index is 12.8. The highest BCUT2D eigenvalue weighted by molar-refractivity contribution is 8.14. The molecular weight excluding hydrogens is 384 g/mol. The van der Waals surface area contributed by atoms with E-state index in [2.05, 4.69) is 9.98 Å². The van der Waals surface area contributed by atoms with Crippen molar-refractivity contribution >= 4 is 39.5 Å². The molecular formula is C18H20N4O5S. The smallest absolute Gasteiger partial charge is 0.367 e. The predicted octanol–water partition coefficient (Wildman–Crippen LogP) is 2.99. The Morgan fingerprint density at radius 1 is 1.46 bits per heavy atom. The van der Waals surface area contributed by atoms with Gasteiger partial charge in [0.25, 0.3) is 11.4 Å². The molecule has 1 saturated carbocycles. The fraction of sp³-hybridized carbons (Fsp3) is 0.500. The average Bonchev–Trinajstić information content (AvgIpc) is 3.18. The van der Waals surface area contributed by atoms with Gasteiger partial charge in [-0.2, -0.15) is 0 Å². The molecule has 0 spiro atoms. The van der Waals surface area contributed by atoms with Crippen molar-refractivity contribution in [3.8, 4) is 0 Å². The van der Waals surface area contributed by atoms with Crippen LogP contribution in [-0.2, 0) is 15.3 Å². The van der Waals surface area contributed by atoms with Gasteiger partial charge in [0.1, 0.15) is 5.04 Å². The third-order valence-corrected chi connectivity index (χ3v) is 6.11. The first-order chi connectivity index (χ1) is 13.5. The summed E-state index contributed by atoms with van der Waals surface area (Å²) < 4.78 is 6.32. The largest absolute Gasteiger partial charge is 0.462 e. The lowest BCUT2D eigenvalue weighted by Crippen LogP contribution is -2.46. The fourth-order valence-corrected chi connectivity index (χ4v) is 4.91. The number of thioether (sulfide) groups is 1. The summed E-state index contributed by atoms with van der Waals surface area (Å²) in [7, 11) is 0. The van der Waals surface area contributed by atoms with Crippen LogP contribution in [0.3, 0.4) is 0 Å². The van der Waals surface area contributed by atoms with Crippen molar-refractivity contribution in [2.45, 2.75) is 56.0 Å². The molecule has 0 amide bonds. The van der Waals surface area contributed by atoms with Gasteiger partial charge >= 0.3 is 5.97 Å². The predicted molar refractivity (Wildman–Crippen MR) is 103 cm³/mol. The van der Waals surface area contributed by atoms with E-state index < -0.39 is 16.6 Å². The van der Waals surface area contributed by atoms with Gasteiger partial charge in [0.2, 0.25) is 0 Å². The molecule has 1 aromatic carbocycles. The number of ether oxygens (including phenoxy) is 1. The number of fused-ring (bicyclic) bond motifs is 3. The zero-order valence-corrected chi connectivity index (χ0v) is 16.1. The Morgan fingerprint density at radius 2 is 2.21 bits per heavy atom.